The molecule has 18 heavy (non-hydrogen) atoms. The van der Waals surface area contributed by atoms with E-state index in [-0.39, 0.29) is 11.9 Å². The van der Waals surface area contributed by atoms with Crippen LogP contribution < -0.4 is 0 Å². The molecule has 0 spiro atoms. The van der Waals surface area contributed by atoms with Crippen LogP contribution in [0.3, 0.4) is 0 Å². The molecule has 1 heterocycles. The Morgan fingerprint density at radius 1 is 1.28 bits per heavy atom. The van der Waals surface area contributed by atoms with Gasteiger partial charge in [0, 0.05) is 19.1 Å². The number of urea groups is 1. The van der Waals surface area contributed by atoms with Crippen LogP contribution in [0.25, 0.3) is 0 Å². The predicted octanol–water partition coefficient (Wildman–Crippen LogP) is 1.78. The predicted molar refractivity (Wildman–Crippen MR) is 67.3 cm³/mol. The summed E-state index contributed by atoms with van der Waals surface area (Å²) in [5.74, 6) is -0.957. The summed E-state index contributed by atoms with van der Waals surface area (Å²) in [7, 11) is 0. The quantitative estimate of drug-likeness (QED) is 0.831. The van der Waals surface area contributed by atoms with Crippen molar-refractivity contribution in [2.75, 3.05) is 13.1 Å². The average molecular weight is 254 g/mol. The largest absolute Gasteiger partial charge is 0.480 e. The minimum absolute atomic E-state index is 0.0602. The Kier molecular flexibility index (Phi) is 3.78. The topological polar surface area (TPSA) is 60.9 Å². The maximum Gasteiger partial charge on any atom is 0.326 e. The minimum atomic E-state index is -0.897. The van der Waals surface area contributed by atoms with E-state index in [4.69, 9.17) is 0 Å². The molecule has 0 unspecified atom stereocenters. The van der Waals surface area contributed by atoms with Crippen molar-refractivity contribution in [3.05, 3.63) is 0 Å². The molecule has 0 aromatic rings. The summed E-state index contributed by atoms with van der Waals surface area (Å²) in [4.78, 5) is 27.0. The average Bonchev–Trinajstić information content (AvgIpc) is 2.88. The summed E-state index contributed by atoms with van der Waals surface area (Å²) in [5, 5.41) is 9.26. The zero-order valence-electron chi connectivity index (χ0n) is 11.1. The second-order valence-corrected chi connectivity index (χ2v) is 5.63. The van der Waals surface area contributed by atoms with Crippen LogP contribution in [0.4, 0.5) is 4.79 Å². The highest BCUT2D eigenvalue weighted by atomic mass is 16.4. The number of carbonyl (C=O) groups is 2. The number of carboxylic acid groups (broad SMARTS) is 1. The number of hydrogen-bond donors (Lipinski definition) is 1. The number of aliphatic carboxylic acids is 1. The lowest BCUT2D eigenvalue weighted by Gasteiger charge is -2.29. The molecule has 0 aromatic carbocycles. The highest BCUT2D eigenvalue weighted by Crippen LogP contribution is 2.28. The Labute approximate surface area is 108 Å². The first-order valence-electron chi connectivity index (χ1n) is 6.82. The van der Waals surface area contributed by atoms with Gasteiger partial charge in [-0.2, -0.15) is 0 Å². The number of carboxylic acids is 1. The van der Waals surface area contributed by atoms with Crippen molar-refractivity contribution in [1.29, 1.82) is 0 Å². The molecule has 1 N–H and O–H groups in total. The molecular formula is C13H22N2O3. The minimum Gasteiger partial charge on any atom is -0.480 e. The van der Waals surface area contributed by atoms with Crippen LogP contribution in [0.1, 0.15) is 39.5 Å². The summed E-state index contributed by atoms with van der Waals surface area (Å²) in [6.45, 7) is 4.93. The molecule has 0 radical (unpaired) electrons. The molecule has 1 saturated carbocycles. The van der Waals surface area contributed by atoms with Crippen molar-refractivity contribution in [2.24, 2.45) is 5.92 Å². The van der Waals surface area contributed by atoms with Gasteiger partial charge in [0.1, 0.15) is 6.04 Å². The Hall–Kier alpha value is -1.26. The van der Waals surface area contributed by atoms with E-state index in [1.165, 1.54) is 17.7 Å². The van der Waals surface area contributed by atoms with E-state index >= 15 is 0 Å². The summed E-state index contributed by atoms with van der Waals surface area (Å²) in [6, 6.07) is -0.434. The van der Waals surface area contributed by atoms with Gasteiger partial charge in [-0.3, -0.25) is 0 Å². The van der Waals surface area contributed by atoms with Crippen LogP contribution in [0, 0.1) is 5.92 Å². The van der Waals surface area contributed by atoms with Crippen molar-refractivity contribution in [2.45, 2.75) is 51.6 Å². The second-order valence-electron chi connectivity index (χ2n) is 5.63. The van der Waals surface area contributed by atoms with Gasteiger partial charge in [-0.25, -0.2) is 9.59 Å². The van der Waals surface area contributed by atoms with Crippen molar-refractivity contribution >= 4 is 12.0 Å². The summed E-state index contributed by atoms with van der Waals surface area (Å²) in [5.41, 5.74) is 0. The van der Waals surface area contributed by atoms with Crippen LogP contribution in [-0.4, -0.2) is 52.1 Å². The Balaban J connectivity index is 2.07. The third-order valence-electron chi connectivity index (χ3n) is 4.06. The van der Waals surface area contributed by atoms with Gasteiger partial charge >= 0.3 is 12.0 Å². The summed E-state index contributed by atoms with van der Waals surface area (Å²) >= 11 is 0. The van der Waals surface area contributed by atoms with Crippen LogP contribution in [-0.2, 0) is 4.79 Å². The monoisotopic (exact) mass is 254 g/mol. The van der Waals surface area contributed by atoms with Gasteiger partial charge in [-0.05, 0) is 18.8 Å². The summed E-state index contributed by atoms with van der Waals surface area (Å²) < 4.78 is 0. The maximum atomic E-state index is 12.3. The number of carbonyl (C=O) groups excluding carboxylic acids is 1. The van der Waals surface area contributed by atoms with Crippen molar-refractivity contribution in [1.82, 2.24) is 9.80 Å². The van der Waals surface area contributed by atoms with E-state index in [2.05, 4.69) is 0 Å². The Morgan fingerprint density at radius 2 is 1.89 bits per heavy atom. The van der Waals surface area contributed by atoms with Gasteiger partial charge in [0.15, 0.2) is 0 Å². The Morgan fingerprint density at radius 3 is 2.39 bits per heavy atom. The van der Waals surface area contributed by atoms with Gasteiger partial charge in [-0.15, -0.1) is 0 Å². The first kappa shape index (κ1) is 13.2. The SMILES string of the molecule is CC(C)[C@@H](C(=O)O)N1CCN(C2CCCC2)C1=O. The van der Waals surface area contributed by atoms with Crippen LogP contribution in [0.5, 0.6) is 0 Å². The lowest BCUT2D eigenvalue weighted by Crippen LogP contribution is -2.48. The fourth-order valence-electron chi connectivity index (χ4n) is 3.16. The maximum absolute atomic E-state index is 12.3. The highest BCUT2D eigenvalue weighted by molar-refractivity contribution is 5.84. The van der Waals surface area contributed by atoms with Crippen LogP contribution in [0.15, 0.2) is 0 Å². The third kappa shape index (κ3) is 2.31. The normalized spacial score (nSPS) is 23.2. The molecule has 0 bridgehead atoms. The number of amides is 2. The van der Waals surface area contributed by atoms with Crippen LogP contribution >= 0.6 is 0 Å². The van der Waals surface area contributed by atoms with Crippen molar-refractivity contribution < 1.29 is 14.7 Å². The van der Waals surface area contributed by atoms with Crippen molar-refractivity contribution in [3.8, 4) is 0 Å². The molecule has 1 atom stereocenters. The molecule has 2 amide bonds. The zero-order chi connectivity index (χ0) is 13.3. The number of hydrogen-bond acceptors (Lipinski definition) is 2. The molecule has 5 nitrogen and oxygen atoms in total. The molecule has 1 aliphatic carbocycles. The van der Waals surface area contributed by atoms with Gasteiger partial charge in [0.2, 0.25) is 0 Å². The van der Waals surface area contributed by atoms with E-state index in [9.17, 15) is 14.7 Å². The third-order valence-corrected chi connectivity index (χ3v) is 4.06. The Bertz CT molecular complexity index is 337. The fourth-order valence-corrected chi connectivity index (χ4v) is 3.16. The van der Waals surface area contributed by atoms with E-state index in [0.717, 1.165) is 12.8 Å². The molecule has 2 aliphatic rings. The van der Waals surface area contributed by atoms with E-state index < -0.39 is 12.0 Å². The standard InChI is InChI=1S/C13H22N2O3/c1-9(2)11(12(16)17)15-8-7-14(13(15)18)10-5-3-4-6-10/h9-11H,3-8H2,1-2H3,(H,16,17)/t11-/m0/s1. The zero-order valence-corrected chi connectivity index (χ0v) is 11.1. The van der Waals surface area contributed by atoms with E-state index in [1.807, 2.05) is 18.7 Å². The number of rotatable bonds is 4. The first-order valence-corrected chi connectivity index (χ1v) is 6.82. The molecular weight excluding hydrogens is 232 g/mol. The van der Waals surface area contributed by atoms with E-state index in [1.54, 1.807) is 0 Å². The first-order chi connectivity index (χ1) is 8.52. The fraction of sp³-hybridized carbons (Fsp3) is 0.846. The van der Waals surface area contributed by atoms with E-state index in [0.29, 0.717) is 19.1 Å². The van der Waals surface area contributed by atoms with Crippen molar-refractivity contribution in [3.63, 3.8) is 0 Å². The molecule has 2 fully saturated rings. The second kappa shape index (κ2) is 5.16. The van der Waals surface area contributed by atoms with Crippen LogP contribution in [0.2, 0.25) is 0 Å². The number of nitrogens with zero attached hydrogens (tertiary/aromatic N) is 2. The smallest absolute Gasteiger partial charge is 0.326 e. The van der Waals surface area contributed by atoms with Gasteiger partial charge in [-0.1, -0.05) is 26.7 Å². The van der Waals surface area contributed by atoms with Gasteiger partial charge < -0.3 is 14.9 Å². The lowest BCUT2D eigenvalue weighted by molar-refractivity contribution is -0.143. The molecule has 102 valence electrons. The molecule has 1 aliphatic heterocycles. The summed E-state index contributed by atoms with van der Waals surface area (Å²) in [6.07, 6.45) is 4.50. The molecule has 0 aromatic heterocycles. The molecule has 2 rings (SSSR count). The molecule has 5 heteroatoms. The highest BCUT2D eigenvalue weighted by Gasteiger charge is 2.41. The molecule has 1 saturated heterocycles. The lowest BCUT2D eigenvalue weighted by atomic mass is 10.0. The van der Waals surface area contributed by atoms with Gasteiger partial charge in [0.25, 0.3) is 0 Å². The van der Waals surface area contributed by atoms with Gasteiger partial charge in [0.05, 0.1) is 0 Å².